The van der Waals surface area contributed by atoms with Crippen LogP contribution in [0, 0.1) is 19.8 Å². The van der Waals surface area contributed by atoms with E-state index in [1.54, 1.807) is 0 Å². The molecule has 0 radical (unpaired) electrons. The molecule has 1 aromatic rings. The quantitative estimate of drug-likeness (QED) is 0.470. The maximum absolute atomic E-state index is 12.5. The summed E-state index contributed by atoms with van der Waals surface area (Å²) in [6.45, 7) is 7.97. The minimum absolute atomic E-state index is 0.323. The van der Waals surface area contributed by atoms with Crippen LogP contribution in [-0.2, 0) is 6.54 Å². The normalized spacial score (nSPS) is 16.8. The van der Waals surface area contributed by atoms with Gasteiger partial charge < -0.3 is 15.7 Å². The SMILES string of the molecule is CCNC(=NCc1cc(C)c(O)c(C)c1)NCCC1CCN(CC(F)(F)F)CC1. The third-order valence-corrected chi connectivity index (χ3v) is 5.27. The Morgan fingerprint density at radius 2 is 1.79 bits per heavy atom. The van der Waals surface area contributed by atoms with Crippen LogP contribution in [0.25, 0.3) is 0 Å². The summed E-state index contributed by atoms with van der Waals surface area (Å²) in [4.78, 5) is 6.11. The summed E-state index contributed by atoms with van der Waals surface area (Å²) in [7, 11) is 0. The molecule has 0 spiro atoms. The van der Waals surface area contributed by atoms with Crippen molar-refractivity contribution in [2.75, 3.05) is 32.7 Å². The first-order chi connectivity index (χ1) is 13.7. The largest absolute Gasteiger partial charge is 0.507 e. The number of aromatic hydroxyl groups is 1. The number of halogens is 3. The van der Waals surface area contributed by atoms with Gasteiger partial charge in [0.2, 0.25) is 0 Å². The first-order valence-corrected chi connectivity index (χ1v) is 10.3. The number of phenols is 1. The number of phenolic OH excluding ortho intramolecular Hbond substituents is 1. The Labute approximate surface area is 171 Å². The van der Waals surface area contributed by atoms with E-state index < -0.39 is 12.7 Å². The summed E-state index contributed by atoms with van der Waals surface area (Å²) in [5.74, 6) is 1.49. The summed E-state index contributed by atoms with van der Waals surface area (Å²) in [6.07, 6.45) is -1.59. The van der Waals surface area contributed by atoms with Crippen molar-refractivity contribution in [1.29, 1.82) is 0 Å². The second-order valence-corrected chi connectivity index (χ2v) is 7.82. The van der Waals surface area contributed by atoms with Crippen LogP contribution in [-0.4, -0.2) is 54.9 Å². The number of piperidine rings is 1. The zero-order valence-corrected chi connectivity index (χ0v) is 17.6. The molecule has 2 rings (SSSR count). The Hall–Kier alpha value is -1.96. The highest BCUT2D eigenvalue weighted by molar-refractivity contribution is 5.79. The van der Waals surface area contributed by atoms with E-state index in [2.05, 4.69) is 15.6 Å². The third kappa shape index (κ3) is 8.12. The van der Waals surface area contributed by atoms with Gasteiger partial charge in [-0.2, -0.15) is 13.2 Å². The van der Waals surface area contributed by atoms with Gasteiger partial charge in [0.25, 0.3) is 0 Å². The third-order valence-electron chi connectivity index (χ3n) is 5.27. The number of hydrogen-bond donors (Lipinski definition) is 3. The fourth-order valence-corrected chi connectivity index (χ4v) is 3.73. The number of nitrogens with zero attached hydrogens (tertiary/aromatic N) is 2. The van der Waals surface area contributed by atoms with Crippen molar-refractivity contribution in [1.82, 2.24) is 15.5 Å². The molecular weight excluding hydrogens is 381 g/mol. The topological polar surface area (TPSA) is 59.9 Å². The van der Waals surface area contributed by atoms with Gasteiger partial charge in [-0.3, -0.25) is 4.90 Å². The first-order valence-electron chi connectivity index (χ1n) is 10.3. The van der Waals surface area contributed by atoms with E-state index in [1.807, 2.05) is 32.9 Å². The standard InChI is InChI=1S/C21H33F3N4O/c1-4-25-20(27-13-18-11-15(2)19(29)16(3)12-18)26-8-5-17-6-9-28(10-7-17)14-21(22,23)24/h11-12,17,29H,4-10,13-14H2,1-3H3,(H2,25,26,27). The molecule has 1 aliphatic rings. The molecule has 29 heavy (non-hydrogen) atoms. The molecule has 0 aliphatic carbocycles. The van der Waals surface area contributed by atoms with Gasteiger partial charge in [0.1, 0.15) is 5.75 Å². The van der Waals surface area contributed by atoms with Gasteiger partial charge in [-0.25, -0.2) is 4.99 Å². The molecule has 3 N–H and O–H groups in total. The van der Waals surface area contributed by atoms with Crippen LogP contribution in [0.2, 0.25) is 0 Å². The van der Waals surface area contributed by atoms with Crippen molar-refractivity contribution in [3.05, 3.63) is 28.8 Å². The highest BCUT2D eigenvalue weighted by atomic mass is 19.4. The molecule has 1 fully saturated rings. The Morgan fingerprint density at radius 1 is 1.17 bits per heavy atom. The van der Waals surface area contributed by atoms with E-state index in [9.17, 15) is 18.3 Å². The van der Waals surface area contributed by atoms with Gasteiger partial charge in [0, 0.05) is 13.1 Å². The molecule has 0 bridgehead atoms. The zero-order valence-electron chi connectivity index (χ0n) is 17.6. The number of alkyl halides is 3. The van der Waals surface area contributed by atoms with E-state index in [4.69, 9.17) is 0 Å². The molecule has 0 amide bonds. The Bertz CT molecular complexity index is 660. The second kappa shape index (κ2) is 10.7. The lowest BCUT2D eigenvalue weighted by atomic mass is 9.93. The predicted molar refractivity (Wildman–Crippen MR) is 110 cm³/mol. The molecule has 1 heterocycles. The molecule has 5 nitrogen and oxygen atoms in total. The Kier molecular flexibility index (Phi) is 8.61. The monoisotopic (exact) mass is 414 g/mol. The van der Waals surface area contributed by atoms with Crippen LogP contribution >= 0.6 is 0 Å². The number of aryl methyl sites for hydroxylation is 2. The van der Waals surface area contributed by atoms with Crippen LogP contribution < -0.4 is 10.6 Å². The maximum atomic E-state index is 12.5. The number of hydrogen-bond acceptors (Lipinski definition) is 3. The summed E-state index contributed by atoms with van der Waals surface area (Å²) in [6, 6.07) is 3.87. The van der Waals surface area contributed by atoms with Crippen molar-refractivity contribution in [3.8, 4) is 5.75 Å². The first kappa shape index (κ1) is 23.3. The summed E-state index contributed by atoms with van der Waals surface area (Å²) >= 11 is 0. The smallest absolute Gasteiger partial charge is 0.401 e. The van der Waals surface area contributed by atoms with Crippen molar-refractivity contribution < 1.29 is 18.3 Å². The Balaban J connectivity index is 1.79. The summed E-state index contributed by atoms with van der Waals surface area (Å²) in [5.41, 5.74) is 2.71. The number of aliphatic imine (C=N–C) groups is 1. The molecule has 0 aromatic heterocycles. The van der Waals surface area contributed by atoms with Crippen LogP contribution in [0.1, 0.15) is 42.9 Å². The molecular formula is C21H33F3N4O. The average molecular weight is 415 g/mol. The van der Waals surface area contributed by atoms with Crippen LogP contribution in [0.5, 0.6) is 5.75 Å². The van der Waals surface area contributed by atoms with E-state index in [0.29, 0.717) is 31.3 Å². The highest BCUT2D eigenvalue weighted by Crippen LogP contribution is 2.24. The molecule has 0 unspecified atom stereocenters. The second-order valence-electron chi connectivity index (χ2n) is 7.82. The van der Waals surface area contributed by atoms with Crippen molar-refractivity contribution in [3.63, 3.8) is 0 Å². The van der Waals surface area contributed by atoms with Gasteiger partial charge in [0.15, 0.2) is 5.96 Å². The molecule has 0 saturated carbocycles. The van der Waals surface area contributed by atoms with E-state index in [1.165, 1.54) is 4.90 Å². The number of guanidine groups is 1. The van der Waals surface area contributed by atoms with Crippen molar-refractivity contribution >= 4 is 5.96 Å². The van der Waals surface area contributed by atoms with Crippen LogP contribution in [0.15, 0.2) is 17.1 Å². The average Bonchev–Trinajstić information content (AvgIpc) is 2.64. The molecule has 0 atom stereocenters. The van der Waals surface area contributed by atoms with Gasteiger partial charge in [0.05, 0.1) is 13.1 Å². The van der Waals surface area contributed by atoms with Gasteiger partial charge in [-0.05, 0) is 75.7 Å². The maximum Gasteiger partial charge on any atom is 0.401 e. The number of nitrogens with one attached hydrogen (secondary N) is 2. The van der Waals surface area contributed by atoms with E-state index >= 15 is 0 Å². The molecule has 1 saturated heterocycles. The van der Waals surface area contributed by atoms with Gasteiger partial charge in [-0.1, -0.05) is 12.1 Å². The molecule has 1 aromatic carbocycles. The lowest BCUT2D eigenvalue weighted by Crippen LogP contribution is -2.41. The van der Waals surface area contributed by atoms with E-state index in [-0.39, 0.29) is 0 Å². The van der Waals surface area contributed by atoms with E-state index in [0.717, 1.165) is 55.0 Å². The van der Waals surface area contributed by atoms with Gasteiger partial charge >= 0.3 is 6.18 Å². The lowest BCUT2D eigenvalue weighted by Gasteiger charge is -2.32. The number of benzene rings is 1. The molecule has 8 heteroatoms. The molecule has 1 aliphatic heterocycles. The van der Waals surface area contributed by atoms with Crippen molar-refractivity contribution in [2.24, 2.45) is 10.9 Å². The summed E-state index contributed by atoms with van der Waals surface area (Å²) in [5, 5.41) is 16.4. The Morgan fingerprint density at radius 3 is 2.34 bits per heavy atom. The zero-order chi connectivity index (χ0) is 21.4. The lowest BCUT2D eigenvalue weighted by molar-refractivity contribution is -0.148. The minimum atomic E-state index is -4.11. The minimum Gasteiger partial charge on any atom is -0.507 e. The van der Waals surface area contributed by atoms with Crippen LogP contribution in [0.3, 0.4) is 0 Å². The fourth-order valence-electron chi connectivity index (χ4n) is 3.73. The fraction of sp³-hybridized carbons (Fsp3) is 0.667. The number of likely N-dealkylation sites (tertiary alicyclic amines) is 1. The number of rotatable bonds is 7. The highest BCUT2D eigenvalue weighted by Gasteiger charge is 2.32. The van der Waals surface area contributed by atoms with Crippen molar-refractivity contribution in [2.45, 2.75) is 52.8 Å². The predicted octanol–water partition coefficient (Wildman–Crippen LogP) is 3.73. The summed E-state index contributed by atoms with van der Waals surface area (Å²) < 4.78 is 37.4. The van der Waals surface area contributed by atoms with Gasteiger partial charge in [-0.15, -0.1) is 0 Å². The molecule has 164 valence electrons. The van der Waals surface area contributed by atoms with Crippen LogP contribution in [0.4, 0.5) is 13.2 Å².